The maximum atomic E-state index is 13.7. The maximum Gasteiger partial charge on any atom is 0.256 e. The molecule has 1 amide bonds. The van der Waals surface area contributed by atoms with Gasteiger partial charge in [-0.25, -0.2) is 4.39 Å². The zero-order valence-electron chi connectivity index (χ0n) is 11.7. The van der Waals surface area contributed by atoms with Gasteiger partial charge in [-0.1, -0.05) is 19.9 Å². The summed E-state index contributed by atoms with van der Waals surface area (Å²) in [5.41, 5.74) is 0.710. The van der Waals surface area contributed by atoms with Gasteiger partial charge in [-0.15, -0.1) is 0 Å². The van der Waals surface area contributed by atoms with Crippen molar-refractivity contribution in [2.75, 3.05) is 25.5 Å². The first-order chi connectivity index (χ1) is 9.02. The summed E-state index contributed by atoms with van der Waals surface area (Å²) < 4.78 is 13.7. The standard InChI is InChI=1S/C15H21FN2O/c1-10-7-11(2)9-18(8-10)15(19)12-5-4-6-13(16)14(12)17-3/h4-6,10-11,17H,7-9H2,1-3H3. The molecule has 2 atom stereocenters. The van der Waals surface area contributed by atoms with E-state index in [0.29, 0.717) is 23.1 Å². The van der Waals surface area contributed by atoms with Crippen molar-refractivity contribution in [3.8, 4) is 0 Å². The van der Waals surface area contributed by atoms with Gasteiger partial charge < -0.3 is 10.2 Å². The predicted octanol–water partition coefficient (Wildman–Crippen LogP) is 2.99. The van der Waals surface area contributed by atoms with Crippen LogP contribution >= 0.6 is 0 Å². The molecule has 1 aliphatic heterocycles. The Bertz CT molecular complexity index is 465. The van der Waals surface area contributed by atoms with Crippen LogP contribution in [0.2, 0.25) is 0 Å². The van der Waals surface area contributed by atoms with Crippen LogP contribution in [-0.2, 0) is 0 Å². The lowest BCUT2D eigenvalue weighted by atomic mass is 9.91. The number of para-hydroxylation sites is 1. The van der Waals surface area contributed by atoms with Crippen molar-refractivity contribution in [2.24, 2.45) is 11.8 Å². The number of carbonyl (C=O) groups is 1. The van der Waals surface area contributed by atoms with Crippen molar-refractivity contribution < 1.29 is 9.18 Å². The van der Waals surface area contributed by atoms with E-state index in [2.05, 4.69) is 19.2 Å². The minimum atomic E-state index is -0.383. The molecule has 0 aromatic heterocycles. The van der Waals surface area contributed by atoms with Crippen LogP contribution < -0.4 is 5.32 Å². The highest BCUT2D eigenvalue weighted by Gasteiger charge is 2.27. The lowest BCUT2D eigenvalue weighted by Crippen LogP contribution is -2.42. The number of hydrogen-bond acceptors (Lipinski definition) is 2. The predicted molar refractivity (Wildman–Crippen MR) is 74.8 cm³/mol. The van der Waals surface area contributed by atoms with Gasteiger partial charge in [0.05, 0.1) is 11.3 Å². The number of piperidine rings is 1. The Morgan fingerprint density at radius 2 is 1.95 bits per heavy atom. The van der Waals surface area contributed by atoms with E-state index in [1.807, 2.05) is 4.90 Å². The molecule has 1 saturated heterocycles. The molecule has 1 heterocycles. The first kappa shape index (κ1) is 13.8. The van der Waals surface area contributed by atoms with Gasteiger partial charge in [0, 0.05) is 20.1 Å². The largest absolute Gasteiger partial charge is 0.385 e. The number of likely N-dealkylation sites (tertiary alicyclic amines) is 1. The molecule has 0 bridgehead atoms. The molecule has 4 heteroatoms. The number of halogens is 1. The van der Waals surface area contributed by atoms with Crippen LogP contribution in [0.1, 0.15) is 30.6 Å². The number of carbonyl (C=O) groups excluding carboxylic acids is 1. The summed E-state index contributed by atoms with van der Waals surface area (Å²) in [7, 11) is 1.64. The van der Waals surface area contributed by atoms with E-state index in [1.54, 1.807) is 19.2 Å². The Kier molecular flexibility index (Phi) is 4.08. The van der Waals surface area contributed by atoms with Gasteiger partial charge in [0.1, 0.15) is 5.82 Å². The van der Waals surface area contributed by atoms with Gasteiger partial charge in [-0.3, -0.25) is 4.79 Å². The molecule has 3 nitrogen and oxygen atoms in total. The summed E-state index contributed by atoms with van der Waals surface area (Å²) in [5.74, 6) is 0.535. The Morgan fingerprint density at radius 1 is 1.32 bits per heavy atom. The zero-order valence-corrected chi connectivity index (χ0v) is 11.7. The molecule has 104 valence electrons. The monoisotopic (exact) mass is 264 g/mol. The minimum Gasteiger partial charge on any atom is -0.385 e. The summed E-state index contributed by atoms with van der Waals surface area (Å²) >= 11 is 0. The number of nitrogens with one attached hydrogen (secondary N) is 1. The summed E-state index contributed by atoms with van der Waals surface area (Å²) in [5, 5.41) is 2.78. The fourth-order valence-corrected chi connectivity index (χ4v) is 2.96. The van der Waals surface area contributed by atoms with Gasteiger partial charge in [0.25, 0.3) is 5.91 Å². The molecule has 0 aliphatic carbocycles. The highest BCUT2D eigenvalue weighted by Crippen LogP contribution is 2.26. The molecule has 1 aliphatic rings. The summed E-state index contributed by atoms with van der Waals surface area (Å²) in [6.07, 6.45) is 1.14. The summed E-state index contributed by atoms with van der Waals surface area (Å²) in [4.78, 5) is 14.4. The third-order valence-electron chi connectivity index (χ3n) is 3.65. The number of nitrogens with zero attached hydrogens (tertiary/aromatic N) is 1. The van der Waals surface area contributed by atoms with Gasteiger partial charge in [-0.2, -0.15) is 0 Å². The fourth-order valence-electron chi connectivity index (χ4n) is 2.96. The van der Waals surface area contributed by atoms with Crippen LogP contribution in [0.5, 0.6) is 0 Å². The second kappa shape index (κ2) is 5.59. The molecule has 0 radical (unpaired) electrons. The average Bonchev–Trinajstić information content (AvgIpc) is 2.36. The molecule has 2 unspecified atom stereocenters. The highest BCUT2D eigenvalue weighted by molar-refractivity contribution is 5.99. The van der Waals surface area contributed by atoms with E-state index < -0.39 is 0 Å². The number of rotatable bonds is 2. The zero-order chi connectivity index (χ0) is 14.0. The molecule has 1 N–H and O–H groups in total. The van der Waals surface area contributed by atoms with E-state index in [9.17, 15) is 9.18 Å². The number of benzene rings is 1. The van der Waals surface area contributed by atoms with Crippen LogP contribution in [0.3, 0.4) is 0 Å². The molecule has 19 heavy (non-hydrogen) atoms. The molecular formula is C15H21FN2O. The molecular weight excluding hydrogens is 243 g/mol. The average molecular weight is 264 g/mol. The Morgan fingerprint density at radius 3 is 2.53 bits per heavy atom. The third-order valence-corrected chi connectivity index (χ3v) is 3.65. The molecule has 0 spiro atoms. The second-order valence-electron chi connectivity index (χ2n) is 5.57. The van der Waals surface area contributed by atoms with Crippen molar-refractivity contribution in [3.63, 3.8) is 0 Å². The molecule has 0 saturated carbocycles. The molecule has 1 fully saturated rings. The smallest absolute Gasteiger partial charge is 0.256 e. The van der Waals surface area contributed by atoms with Gasteiger partial charge in [-0.05, 0) is 30.4 Å². The van der Waals surface area contributed by atoms with Crippen LogP contribution in [0, 0.1) is 17.7 Å². The first-order valence-electron chi connectivity index (χ1n) is 6.78. The maximum absolute atomic E-state index is 13.7. The first-order valence-corrected chi connectivity index (χ1v) is 6.78. The quantitative estimate of drug-likeness (QED) is 0.890. The van der Waals surface area contributed by atoms with Gasteiger partial charge in [0.2, 0.25) is 0 Å². The number of hydrogen-bond donors (Lipinski definition) is 1. The van der Waals surface area contributed by atoms with E-state index in [4.69, 9.17) is 0 Å². The van der Waals surface area contributed by atoms with Crippen LogP contribution in [0.15, 0.2) is 18.2 Å². The molecule has 2 rings (SSSR count). The Balaban J connectivity index is 2.26. The minimum absolute atomic E-state index is 0.0813. The highest BCUT2D eigenvalue weighted by atomic mass is 19.1. The van der Waals surface area contributed by atoms with Gasteiger partial charge in [0.15, 0.2) is 0 Å². The third kappa shape index (κ3) is 2.88. The van der Waals surface area contributed by atoms with Crippen molar-refractivity contribution in [3.05, 3.63) is 29.6 Å². The Hall–Kier alpha value is -1.58. The lowest BCUT2D eigenvalue weighted by molar-refractivity contribution is 0.0623. The summed E-state index contributed by atoms with van der Waals surface area (Å²) in [6, 6.07) is 4.63. The van der Waals surface area contributed by atoms with Crippen LogP contribution in [-0.4, -0.2) is 30.9 Å². The fraction of sp³-hybridized carbons (Fsp3) is 0.533. The molecule has 1 aromatic rings. The van der Waals surface area contributed by atoms with Crippen molar-refractivity contribution in [1.29, 1.82) is 0 Å². The summed E-state index contributed by atoms with van der Waals surface area (Å²) in [6.45, 7) is 5.81. The topological polar surface area (TPSA) is 32.3 Å². The van der Waals surface area contributed by atoms with Crippen LogP contribution in [0.4, 0.5) is 10.1 Å². The van der Waals surface area contributed by atoms with E-state index >= 15 is 0 Å². The van der Waals surface area contributed by atoms with Crippen molar-refractivity contribution >= 4 is 11.6 Å². The van der Waals surface area contributed by atoms with Crippen LogP contribution in [0.25, 0.3) is 0 Å². The van der Waals surface area contributed by atoms with Crippen molar-refractivity contribution in [2.45, 2.75) is 20.3 Å². The van der Waals surface area contributed by atoms with Gasteiger partial charge >= 0.3 is 0 Å². The molecule has 1 aromatic carbocycles. The second-order valence-corrected chi connectivity index (χ2v) is 5.57. The Labute approximate surface area is 113 Å². The SMILES string of the molecule is CNc1c(F)cccc1C(=O)N1CC(C)CC(C)C1. The number of anilines is 1. The van der Waals surface area contributed by atoms with E-state index in [0.717, 1.165) is 19.5 Å². The van der Waals surface area contributed by atoms with E-state index in [-0.39, 0.29) is 11.7 Å². The van der Waals surface area contributed by atoms with Crippen molar-refractivity contribution in [1.82, 2.24) is 4.90 Å². The van der Waals surface area contributed by atoms with E-state index in [1.165, 1.54) is 6.07 Å². The normalized spacial score (nSPS) is 23.3. The lowest BCUT2D eigenvalue weighted by Gasteiger charge is -2.35. The number of amides is 1.